The van der Waals surface area contributed by atoms with Crippen molar-refractivity contribution in [2.75, 3.05) is 58.1 Å². The summed E-state index contributed by atoms with van der Waals surface area (Å²) in [4.78, 5) is 9.33. The largest absolute Gasteiger partial charge is 0.357 e. The maximum absolute atomic E-state index is 12.3. The van der Waals surface area contributed by atoms with E-state index in [2.05, 4.69) is 32.3 Å². The summed E-state index contributed by atoms with van der Waals surface area (Å²) in [7, 11) is -3.22. The quantitative estimate of drug-likeness (QED) is 0.384. The van der Waals surface area contributed by atoms with Crippen LogP contribution in [0.15, 0.2) is 17.1 Å². The number of nitrogens with one attached hydrogen (secondary N) is 1. The molecular weight excluding hydrogens is 338 g/mol. The van der Waals surface area contributed by atoms with Crippen LogP contribution in [0.2, 0.25) is 0 Å². The third-order valence-corrected chi connectivity index (χ3v) is 6.87. The van der Waals surface area contributed by atoms with Crippen molar-refractivity contribution >= 4 is 16.0 Å². The second-order valence-corrected chi connectivity index (χ2v) is 8.54. The maximum atomic E-state index is 12.3. The van der Waals surface area contributed by atoms with Gasteiger partial charge in [-0.2, -0.15) is 0 Å². The normalized spacial score (nSPS) is 22.3. The topological polar surface area (TPSA) is 68.2 Å². The fourth-order valence-corrected chi connectivity index (χ4v) is 4.83. The molecular formula is C17H33N5O2S. The van der Waals surface area contributed by atoms with Gasteiger partial charge in [0.1, 0.15) is 0 Å². The Labute approximate surface area is 152 Å². The molecule has 1 N–H and O–H groups in total. The summed E-state index contributed by atoms with van der Waals surface area (Å²) in [5, 5.41) is 3.31. The van der Waals surface area contributed by atoms with Crippen LogP contribution in [0.1, 0.15) is 27.2 Å². The average molecular weight is 372 g/mol. The molecule has 1 saturated heterocycles. The van der Waals surface area contributed by atoms with Crippen molar-refractivity contribution in [1.29, 1.82) is 0 Å². The van der Waals surface area contributed by atoms with Crippen molar-refractivity contribution in [3.63, 3.8) is 0 Å². The summed E-state index contributed by atoms with van der Waals surface area (Å²) < 4.78 is 26.1. The number of nitrogens with zero attached hydrogens (tertiary/aromatic N) is 4. The van der Waals surface area contributed by atoms with Crippen LogP contribution in [0, 0.1) is 0 Å². The first-order valence-corrected chi connectivity index (χ1v) is 11.0. The molecule has 0 aromatic heterocycles. The fraction of sp³-hybridized carbons (Fsp3) is 0.824. The molecule has 2 aliphatic heterocycles. The molecule has 0 amide bonds. The third kappa shape index (κ3) is 5.43. The first-order chi connectivity index (χ1) is 12.0. The van der Waals surface area contributed by atoms with Crippen LogP contribution in [0.25, 0.3) is 0 Å². The van der Waals surface area contributed by atoms with Crippen molar-refractivity contribution in [1.82, 2.24) is 19.4 Å². The molecule has 1 unspecified atom stereocenters. The van der Waals surface area contributed by atoms with E-state index in [1.807, 2.05) is 20.8 Å². The van der Waals surface area contributed by atoms with Gasteiger partial charge in [-0.05, 0) is 13.3 Å². The lowest BCUT2D eigenvalue weighted by Gasteiger charge is -2.25. The number of aliphatic imine (C=N–C) groups is 1. The molecule has 8 heteroatoms. The summed E-state index contributed by atoms with van der Waals surface area (Å²) in [6, 6.07) is 0.554. The molecule has 0 spiro atoms. The van der Waals surface area contributed by atoms with Gasteiger partial charge in [0.25, 0.3) is 0 Å². The Morgan fingerprint density at radius 3 is 2.52 bits per heavy atom. The number of guanidine groups is 1. The van der Waals surface area contributed by atoms with Gasteiger partial charge in [0.05, 0.1) is 12.3 Å². The molecule has 25 heavy (non-hydrogen) atoms. The van der Waals surface area contributed by atoms with Crippen LogP contribution < -0.4 is 5.32 Å². The Bertz CT molecular complexity index is 564. The highest BCUT2D eigenvalue weighted by atomic mass is 32.2. The zero-order chi connectivity index (χ0) is 18.3. The lowest BCUT2D eigenvalue weighted by Crippen LogP contribution is -2.43. The second kappa shape index (κ2) is 9.54. The lowest BCUT2D eigenvalue weighted by atomic mass is 10.2. The maximum Gasteiger partial charge on any atom is 0.215 e. The Kier molecular flexibility index (Phi) is 7.71. The second-order valence-electron chi connectivity index (χ2n) is 6.45. The summed E-state index contributed by atoms with van der Waals surface area (Å²) >= 11 is 0. The van der Waals surface area contributed by atoms with Crippen molar-refractivity contribution in [2.24, 2.45) is 4.99 Å². The summed E-state index contributed by atoms with van der Waals surface area (Å²) in [5.41, 5.74) is 0. The minimum atomic E-state index is -3.22. The van der Waals surface area contributed by atoms with Gasteiger partial charge in [-0.25, -0.2) is 12.7 Å². The summed E-state index contributed by atoms with van der Waals surface area (Å²) in [6.45, 7) is 11.9. The van der Waals surface area contributed by atoms with E-state index < -0.39 is 10.0 Å². The smallest absolute Gasteiger partial charge is 0.215 e. The predicted molar refractivity (Wildman–Crippen MR) is 103 cm³/mol. The molecule has 144 valence electrons. The molecule has 1 atom stereocenters. The standard InChI is InChI=1S/C17H33N5O2S/c1-4-18-17(19-10-14-25(23,24)22(5-2)6-3)21-13-9-16(15-21)20-11-7-8-12-20/h7-8,16H,4-6,9-15H2,1-3H3,(H,18,19). The summed E-state index contributed by atoms with van der Waals surface area (Å²) in [6.07, 6.45) is 5.57. The monoisotopic (exact) mass is 371 g/mol. The van der Waals surface area contributed by atoms with Gasteiger partial charge in [-0.3, -0.25) is 9.89 Å². The van der Waals surface area contributed by atoms with E-state index in [0.29, 0.717) is 25.7 Å². The Morgan fingerprint density at radius 1 is 1.24 bits per heavy atom. The number of hydrogen-bond donors (Lipinski definition) is 1. The van der Waals surface area contributed by atoms with Gasteiger partial charge in [-0.1, -0.05) is 26.0 Å². The molecule has 0 radical (unpaired) electrons. The molecule has 2 aliphatic rings. The zero-order valence-corrected chi connectivity index (χ0v) is 16.6. The molecule has 2 heterocycles. The predicted octanol–water partition coefficient (Wildman–Crippen LogP) is 0.570. The van der Waals surface area contributed by atoms with Crippen LogP contribution in [-0.4, -0.2) is 92.6 Å². The highest BCUT2D eigenvalue weighted by Gasteiger charge is 2.29. The van der Waals surface area contributed by atoms with E-state index in [1.54, 1.807) is 0 Å². The molecule has 2 rings (SSSR count). The number of likely N-dealkylation sites (tertiary alicyclic amines) is 1. The molecule has 0 aromatic carbocycles. The van der Waals surface area contributed by atoms with Gasteiger partial charge < -0.3 is 10.2 Å². The van der Waals surface area contributed by atoms with Crippen LogP contribution in [0.4, 0.5) is 0 Å². The molecule has 0 aliphatic carbocycles. The Balaban J connectivity index is 1.92. The molecule has 1 fully saturated rings. The van der Waals surface area contributed by atoms with E-state index >= 15 is 0 Å². The lowest BCUT2D eigenvalue weighted by molar-refractivity contribution is 0.259. The van der Waals surface area contributed by atoms with Gasteiger partial charge in [0, 0.05) is 51.9 Å². The molecule has 0 bridgehead atoms. The van der Waals surface area contributed by atoms with Crippen molar-refractivity contribution in [3.05, 3.63) is 12.2 Å². The minimum absolute atomic E-state index is 0.0664. The first-order valence-electron chi connectivity index (χ1n) is 9.41. The third-order valence-electron chi connectivity index (χ3n) is 4.87. The Morgan fingerprint density at radius 2 is 1.92 bits per heavy atom. The SMILES string of the molecule is CCNC(=NCCS(=O)(=O)N(CC)CC)N1CCC(N2CC=CC2)C1. The average Bonchev–Trinajstić information content (AvgIpc) is 3.26. The van der Waals surface area contributed by atoms with E-state index in [9.17, 15) is 8.42 Å². The van der Waals surface area contributed by atoms with E-state index in [1.165, 1.54) is 4.31 Å². The van der Waals surface area contributed by atoms with Gasteiger partial charge >= 0.3 is 0 Å². The number of sulfonamides is 1. The van der Waals surface area contributed by atoms with E-state index in [4.69, 9.17) is 0 Å². The number of rotatable bonds is 8. The van der Waals surface area contributed by atoms with Crippen LogP contribution >= 0.6 is 0 Å². The van der Waals surface area contributed by atoms with Crippen LogP contribution in [-0.2, 0) is 10.0 Å². The van der Waals surface area contributed by atoms with Crippen molar-refractivity contribution < 1.29 is 8.42 Å². The first kappa shape index (κ1) is 20.2. The van der Waals surface area contributed by atoms with Crippen molar-refractivity contribution in [3.8, 4) is 0 Å². The van der Waals surface area contributed by atoms with E-state index in [0.717, 1.165) is 45.1 Å². The van der Waals surface area contributed by atoms with Crippen molar-refractivity contribution in [2.45, 2.75) is 33.2 Å². The van der Waals surface area contributed by atoms with Crippen LogP contribution in [0.5, 0.6) is 0 Å². The highest BCUT2D eigenvalue weighted by molar-refractivity contribution is 7.89. The molecule has 7 nitrogen and oxygen atoms in total. The molecule has 0 saturated carbocycles. The summed E-state index contributed by atoms with van der Waals surface area (Å²) in [5.74, 6) is 0.906. The Hall–Kier alpha value is -1.12. The fourth-order valence-electron chi connectivity index (χ4n) is 3.46. The molecule has 0 aromatic rings. The highest BCUT2D eigenvalue weighted by Crippen LogP contribution is 2.17. The number of hydrogen-bond acceptors (Lipinski definition) is 4. The van der Waals surface area contributed by atoms with Crippen LogP contribution in [0.3, 0.4) is 0 Å². The van der Waals surface area contributed by atoms with E-state index in [-0.39, 0.29) is 5.75 Å². The van der Waals surface area contributed by atoms with Gasteiger partial charge in [0.2, 0.25) is 10.0 Å². The minimum Gasteiger partial charge on any atom is -0.357 e. The zero-order valence-electron chi connectivity index (χ0n) is 15.8. The van der Waals surface area contributed by atoms with Gasteiger partial charge in [-0.15, -0.1) is 0 Å². The van der Waals surface area contributed by atoms with Gasteiger partial charge in [0.15, 0.2) is 5.96 Å².